The summed E-state index contributed by atoms with van der Waals surface area (Å²) in [5.74, 6) is 0.479. The summed E-state index contributed by atoms with van der Waals surface area (Å²) in [6, 6.07) is 11.4. The number of nitro groups is 1. The Morgan fingerprint density at radius 1 is 1.30 bits per heavy atom. The van der Waals surface area contributed by atoms with Crippen LogP contribution in [0.15, 0.2) is 53.4 Å². The van der Waals surface area contributed by atoms with Gasteiger partial charge < -0.3 is 19.2 Å². The van der Waals surface area contributed by atoms with Gasteiger partial charge in [-0.25, -0.2) is 0 Å². The molecule has 0 aliphatic carbocycles. The number of benzene rings is 1. The predicted molar refractivity (Wildman–Crippen MR) is 69.9 cm³/mol. The van der Waals surface area contributed by atoms with Gasteiger partial charge in [0.1, 0.15) is 11.9 Å². The Morgan fingerprint density at radius 2 is 2.10 bits per heavy atom. The topological polar surface area (TPSA) is 87.0 Å². The van der Waals surface area contributed by atoms with E-state index < -0.39 is 4.92 Å². The van der Waals surface area contributed by atoms with E-state index in [0.29, 0.717) is 18.0 Å². The Kier molecular flexibility index (Phi) is 3.00. The number of nitrogens with zero attached hydrogens (tertiary/aromatic N) is 4. The van der Waals surface area contributed by atoms with Gasteiger partial charge in [-0.1, -0.05) is 35.5 Å². The molecule has 2 aromatic heterocycles. The summed E-state index contributed by atoms with van der Waals surface area (Å²) in [6.45, 7) is 0.372. The van der Waals surface area contributed by atoms with Crippen LogP contribution >= 0.6 is 0 Å². The first kappa shape index (κ1) is 12.1. The molecule has 0 bridgehead atoms. The molecule has 2 heterocycles. The Bertz CT molecular complexity index is 733. The number of hydrogen-bond acceptors (Lipinski definition) is 5. The highest BCUT2D eigenvalue weighted by Crippen LogP contribution is 2.20. The minimum atomic E-state index is -0.533. The maximum atomic E-state index is 10.6. The van der Waals surface area contributed by atoms with Crippen molar-refractivity contribution < 1.29 is 9.45 Å². The van der Waals surface area contributed by atoms with Crippen molar-refractivity contribution in [1.82, 2.24) is 14.7 Å². The average Bonchev–Trinajstić information content (AvgIpc) is 3.10. The average molecular weight is 270 g/mol. The summed E-state index contributed by atoms with van der Waals surface area (Å²) in [4.78, 5) is 13.7. The maximum absolute atomic E-state index is 10.6. The lowest BCUT2D eigenvalue weighted by Crippen LogP contribution is -1.96. The lowest BCUT2D eigenvalue weighted by molar-refractivity contribution is -0.389. The summed E-state index contributed by atoms with van der Waals surface area (Å²) in [5.41, 5.74) is 1.61. The number of rotatable bonds is 4. The van der Waals surface area contributed by atoms with E-state index in [-0.39, 0.29) is 5.82 Å². The lowest BCUT2D eigenvalue weighted by atomic mass is 10.2. The van der Waals surface area contributed by atoms with Gasteiger partial charge in [0.25, 0.3) is 0 Å². The monoisotopic (exact) mass is 270 g/mol. The normalized spacial score (nSPS) is 10.6. The van der Waals surface area contributed by atoms with E-state index in [9.17, 15) is 10.1 Å². The van der Waals surface area contributed by atoms with Crippen LogP contribution < -0.4 is 0 Å². The molecule has 0 aliphatic heterocycles. The molecule has 3 aromatic rings. The Balaban J connectivity index is 1.78. The predicted octanol–water partition coefficient (Wildman–Crippen LogP) is 2.49. The molecule has 0 aliphatic rings. The molecule has 0 fully saturated rings. The van der Waals surface area contributed by atoms with Gasteiger partial charge in [-0.2, -0.15) is 0 Å². The van der Waals surface area contributed by atoms with Crippen LogP contribution in [0.3, 0.4) is 0 Å². The molecule has 0 saturated heterocycles. The molecule has 0 saturated carbocycles. The van der Waals surface area contributed by atoms with Crippen molar-refractivity contribution in [2.45, 2.75) is 6.54 Å². The van der Waals surface area contributed by atoms with E-state index in [0.717, 1.165) is 5.56 Å². The molecule has 1 aromatic carbocycles. The largest absolute Gasteiger partial charge is 0.381 e. The third-order valence-corrected chi connectivity index (χ3v) is 2.77. The van der Waals surface area contributed by atoms with Crippen LogP contribution in [-0.2, 0) is 6.54 Å². The van der Waals surface area contributed by atoms with E-state index >= 15 is 0 Å². The number of hydrogen-bond donors (Lipinski definition) is 0. The second-order valence-electron chi connectivity index (χ2n) is 4.21. The first-order chi connectivity index (χ1) is 9.72. The first-order valence-electron chi connectivity index (χ1n) is 5.89. The third kappa shape index (κ3) is 2.41. The van der Waals surface area contributed by atoms with Crippen LogP contribution in [0, 0.1) is 10.1 Å². The highest BCUT2D eigenvalue weighted by Gasteiger charge is 2.12. The van der Waals surface area contributed by atoms with Crippen molar-refractivity contribution >= 4 is 5.82 Å². The van der Waals surface area contributed by atoms with Crippen molar-refractivity contribution in [1.29, 1.82) is 0 Å². The molecule has 0 spiro atoms. The van der Waals surface area contributed by atoms with Gasteiger partial charge in [0.2, 0.25) is 6.33 Å². The molecule has 20 heavy (non-hydrogen) atoms. The molecular weight excluding hydrogens is 260 g/mol. The summed E-state index contributed by atoms with van der Waals surface area (Å²) in [5, 5.41) is 14.5. The molecule has 0 radical (unpaired) electrons. The summed E-state index contributed by atoms with van der Waals surface area (Å²) in [7, 11) is 0. The second kappa shape index (κ2) is 4.96. The van der Waals surface area contributed by atoms with Gasteiger partial charge in [0.15, 0.2) is 5.76 Å². The van der Waals surface area contributed by atoms with Crippen LogP contribution in [0.25, 0.3) is 11.3 Å². The van der Waals surface area contributed by atoms with Crippen molar-refractivity contribution in [3.63, 3.8) is 0 Å². The molecule has 7 heteroatoms. The number of aromatic nitrogens is 3. The number of imidazole rings is 1. The molecule has 100 valence electrons. The lowest BCUT2D eigenvalue weighted by Gasteiger charge is -1.93. The SMILES string of the molecule is O=[N+]([O-])c1cn(Cc2cc(-c3ccccc3)on2)cn1. The fourth-order valence-electron chi connectivity index (χ4n) is 1.84. The smallest absolute Gasteiger partial charge is 0.358 e. The zero-order valence-electron chi connectivity index (χ0n) is 10.3. The summed E-state index contributed by atoms with van der Waals surface area (Å²) < 4.78 is 6.85. The van der Waals surface area contributed by atoms with Crippen LogP contribution in [0.5, 0.6) is 0 Å². The van der Waals surface area contributed by atoms with E-state index in [2.05, 4.69) is 10.1 Å². The summed E-state index contributed by atoms with van der Waals surface area (Å²) >= 11 is 0. The highest BCUT2D eigenvalue weighted by atomic mass is 16.6. The minimum absolute atomic E-state index is 0.184. The Morgan fingerprint density at radius 3 is 2.80 bits per heavy atom. The van der Waals surface area contributed by atoms with Crippen LogP contribution in [0.4, 0.5) is 5.82 Å². The van der Waals surface area contributed by atoms with Gasteiger partial charge >= 0.3 is 5.82 Å². The van der Waals surface area contributed by atoms with E-state index in [1.54, 1.807) is 10.6 Å². The van der Waals surface area contributed by atoms with E-state index in [1.807, 2.05) is 30.3 Å². The first-order valence-corrected chi connectivity index (χ1v) is 5.89. The molecule has 0 unspecified atom stereocenters. The fourth-order valence-corrected chi connectivity index (χ4v) is 1.84. The molecule has 0 amide bonds. The third-order valence-electron chi connectivity index (χ3n) is 2.77. The summed E-state index contributed by atoms with van der Waals surface area (Å²) in [6.07, 6.45) is 2.76. The highest BCUT2D eigenvalue weighted by molar-refractivity contribution is 5.56. The van der Waals surface area contributed by atoms with Crippen molar-refractivity contribution in [2.24, 2.45) is 0 Å². The zero-order valence-corrected chi connectivity index (χ0v) is 10.3. The molecule has 0 N–H and O–H groups in total. The van der Waals surface area contributed by atoms with Crippen LogP contribution in [0.1, 0.15) is 5.69 Å². The van der Waals surface area contributed by atoms with Gasteiger partial charge in [-0.3, -0.25) is 0 Å². The van der Waals surface area contributed by atoms with Gasteiger partial charge in [0, 0.05) is 11.6 Å². The quantitative estimate of drug-likeness (QED) is 0.537. The van der Waals surface area contributed by atoms with E-state index in [1.165, 1.54) is 12.5 Å². The molecule has 7 nitrogen and oxygen atoms in total. The van der Waals surface area contributed by atoms with Crippen LogP contribution in [-0.4, -0.2) is 19.6 Å². The zero-order chi connectivity index (χ0) is 13.9. The molecule has 3 rings (SSSR count). The fraction of sp³-hybridized carbons (Fsp3) is 0.0769. The van der Waals surface area contributed by atoms with Gasteiger partial charge in [0.05, 0.1) is 6.54 Å². The maximum Gasteiger partial charge on any atom is 0.381 e. The Labute approximate surface area is 113 Å². The van der Waals surface area contributed by atoms with Gasteiger partial charge in [-0.05, 0) is 9.91 Å². The van der Waals surface area contributed by atoms with E-state index in [4.69, 9.17) is 4.52 Å². The van der Waals surface area contributed by atoms with Crippen molar-refractivity contribution in [3.05, 3.63) is 64.7 Å². The van der Waals surface area contributed by atoms with Crippen molar-refractivity contribution in [3.8, 4) is 11.3 Å². The Hall–Kier alpha value is -2.96. The molecular formula is C13H10N4O3. The van der Waals surface area contributed by atoms with Crippen LogP contribution in [0.2, 0.25) is 0 Å². The second-order valence-corrected chi connectivity index (χ2v) is 4.21. The van der Waals surface area contributed by atoms with Gasteiger partial charge in [-0.15, -0.1) is 0 Å². The van der Waals surface area contributed by atoms with Crippen molar-refractivity contribution in [2.75, 3.05) is 0 Å². The minimum Gasteiger partial charge on any atom is -0.358 e. The standard InChI is InChI=1S/C13H10N4O3/c18-17(19)13-8-16(9-14-13)7-11-6-12(20-15-11)10-4-2-1-3-5-10/h1-6,8-9H,7H2. The molecule has 0 atom stereocenters.